The molecule has 1 atom stereocenters. The molecule has 0 saturated heterocycles. The Morgan fingerprint density at radius 1 is 1.53 bits per heavy atom. The predicted octanol–water partition coefficient (Wildman–Crippen LogP) is 2.56. The Bertz CT molecular complexity index is 423. The van der Waals surface area contributed by atoms with E-state index in [9.17, 15) is 4.79 Å². The number of carboxylic acid groups (broad SMARTS) is 1. The summed E-state index contributed by atoms with van der Waals surface area (Å²) in [6.07, 6.45) is -0.968. The standard InChI is InChI=1S/C11H13Cl2NO3/c1-6(11(15)16)17-10-7(5-14-2)3-8(12)4-9(10)13/h3-4,6,14H,5H2,1-2H3,(H,15,16). The minimum absolute atomic E-state index is 0.302. The van der Waals surface area contributed by atoms with Crippen molar-refractivity contribution in [2.75, 3.05) is 7.05 Å². The first kappa shape index (κ1) is 14.1. The van der Waals surface area contributed by atoms with Crippen LogP contribution in [0.3, 0.4) is 0 Å². The minimum Gasteiger partial charge on any atom is -0.479 e. The summed E-state index contributed by atoms with van der Waals surface area (Å²) in [5.41, 5.74) is 0.720. The summed E-state index contributed by atoms with van der Waals surface area (Å²) >= 11 is 11.9. The van der Waals surface area contributed by atoms with Crippen LogP contribution in [0.5, 0.6) is 5.75 Å². The lowest BCUT2D eigenvalue weighted by Gasteiger charge is -2.16. The summed E-state index contributed by atoms with van der Waals surface area (Å²) in [6.45, 7) is 1.93. The van der Waals surface area contributed by atoms with Crippen molar-refractivity contribution in [1.82, 2.24) is 5.32 Å². The Kier molecular flexibility index (Phi) is 5.05. The van der Waals surface area contributed by atoms with Gasteiger partial charge in [0.05, 0.1) is 5.02 Å². The number of nitrogens with one attached hydrogen (secondary N) is 1. The second-order valence-corrected chi connectivity index (χ2v) is 4.35. The topological polar surface area (TPSA) is 58.6 Å². The van der Waals surface area contributed by atoms with Crippen molar-refractivity contribution in [2.24, 2.45) is 0 Å². The summed E-state index contributed by atoms with van der Waals surface area (Å²) in [5, 5.41) is 12.5. The van der Waals surface area contributed by atoms with Gasteiger partial charge < -0.3 is 15.2 Å². The average Bonchev–Trinajstić information content (AvgIpc) is 2.23. The molecule has 0 aromatic heterocycles. The normalized spacial score (nSPS) is 12.2. The monoisotopic (exact) mass is 277 g/mol. The van der Waals surface area contributed by atoms with E-state index in [0.29, 0.717) is 22.3 Å². The van der Waals surface area contributed by atoms with Crippen molar-refractivity contribution < 1.29 is 14.6 Å². The van der Waals surface area contributed by atoms with Crippen molar-refractivity contribution in [3.05, 3.63) is 27.7 Å². The van der Waals surface area contributed by atoms with Gasteiger partial charge in [-0.1, -0.05) is 23.2 Å². The smallest absolute Gasteiger partial charge is 0.344 e. The minimum atomic E-state index is -1.05. The molecule has 0 aliphatic rings. The fourth-order valence-corrected chi connectivity index (χ4v) is 1.87. The van der Waals surface area contributed by atoms with Gasteiger partial charge >= 0.3 is 5.97 Å². The largest absolute Gasteiger partial charge is 0.479 e. The molecule has 6 heteroatoms. The van der Waals surface area contributed by atoms with Gasteiger partial charge in [0.15, 0.2) is 6.10 Å². The highest BCUT2D eigenvalue weighted by molar-refractivity contribution is 6.35. The quantitative estimate of drug-likeness (QED) is 0.869. The lowest BCUT2D eigenvalue weighted by molar-refractivity contribution is -0.144. The van der Waals surface area contributed by atoms with E-state index in [1.807, 2.05) is 0 Å². The Balaban J connectivity index is 3.07. The van der Waals surface area contributed by atoms with Crippen molar-refractivity contribution in [3.63, 3.8) is 0 Å². The zero-order chi connectivity index (χ0) is 13.0. The fourth-order valence-electron chi connectivity index (χ4n) is 1.29. The first-order valence-electron chi connectivity index (χ1n) is 4.97. The van der Waals surface area contributed by atoms with Gasteiger partial charge in [0, 0.05) is 17.1 Å². The number of benzene rings is 1. The number of aliphatic carboxylic acids is 1. The Labute approximate surface area is 109 Å². The molecule has 17 heavy (non-hydrogen) atoms. The van der Waals surface area contributed by atoms with Crippen LogP contribution in [0.4, 0.5) is 0 Å². The summed E-state index contributed by atoms with van der Waals surface area (Å²) in [6, 6.07) is 3.21. The second-order valence-electron chi connectivity index (χ2n) is 3.50. The van der Waals surface area contributed by atoms with Crippen molar-refractivity contribution in [2.45, 2.75) is 19.6 Å². The van der Waals surface area contributed by atoms with Gasteiger partial charge in [-0.2, -0.15) is 0 Å². The highest BCUT2D eigenvalue weighted by Crippen LogP contribution is 2.33. The van der Waals surface area contributed by atoms with Crippen molar-refractivity contribution in [3.8, 4) is 5.75 Å². The molecule has 0 amide bonds. The van der Waals surface area contributed by atoms with Gasteiger partial charge in [0.2, 0.25) is 0 Å². The summed E-state index contributed by atoms with van der Waals surface area (Å²) in [7, 11) is 1.76. The molecule has 1 aromatic carbocycles. The molecular weight excluding hydrogens is 265 g/mol. The third-order valence-corrected chi connectivity index (χ3v) is 2.59. The maximum Gasteiger partial charge on any atom is 0.344 e. The van der Waals surface area contributed by atoms with Crippen LogP contribution in [-0.2, 0) is 11.3 Å². The van der Waals surface area contributed by atoms with Gasteiger partial charge in [0.1, 0.15) is 5.75 Å². The molecule has 1 aromatic rings. The van der Waals surface area contributed by atoms with Gasteiger partial charge in [0.25, 0.3) is 0 Å². The Morgan fingerprint density at radius 3 is 2.71 bits per heavy atom. The molecule has 0 spiro atoms. The lowest BCUT2D eigenvalue weighted by atomic mass is 10.2. The maximum absolute atomic E-state index is 10.7. The third-order valence-electron chi connectivity index (χ3n) is 2.09. The zero-order valence-electron chi connectivity index (χ0n) is 9.46. The number of hydrogen-bond donors (Lipinski definition) is 2. The van der Waals surface area contributed by atoms with E-state index < -0.39 is 12.1 Å². The number of halogens is 2. The first-order chi connectivity index (χ1) is 7.95. The first-order valence-corrected chi connectivity index (χ1v) is 5.73. The van der Waals surface area contributed by atoms with E-state index >= 15 is 0 Å². The molecule has 0 radical (unpaired) electrons. The highest BCUT2D eigenvalue weighted by Gasteiger charge is 2.17. The molecule has 0 saturated carbocycles. The van der Waals surface area contributed by atoms with Gasteiger partial charge in [-0.3, -0.25) is 0 Å². The molecular formula is C11H13Cl2NO3. The molecule has 0 bridgehead atoms. The van der Waals surface area contributed by atoms with Crippen LogP contribution in [0.1, 0.15) is 12.5 Å². The molecule has 2 N–H and O–H groups in total. The molecule has 1 unspecified atom stereocenters. The van der Waals surface area contributed by atoms with E-state index in [1.54, 1.807) is 13.1 Å². The molecule has 0 aliphatic carbocycles. The van der Waals surface area contributed by atoms with Gasteiger partial charge in [-0.05, 0) is 26.1 Å². The number of carboxylic acids is 1. The molecule has 1 rings (SSSR count). The predicted molar refractivity (Wildman–Crippen MR) is 67.0 cm³/mol. The lowest BCUT2D eigenvalue weighted by Crippen LogP contribution is -2.24. The van der Waals surface area contributed by atoms with Crippen molar-refractivity contribution >= 4 is 29.2 Å². The van der Waals surface area contributed by atoms with Crippen LogP contribution < -0.4 is 10.1 Å². The van der Waals surface area contributed by atoms with Crippen LogP contribution in [0.15, 0.2) is 12.1 Å². The molecule has 94 valence electrons. The zero-order valence-corrected chi connectivity index (χ0v) is 11.0. The van der Waals surface area contributed by atoms with Crippen LogP contribution in [-0.4, -0.2) is 24.2 Å². The second kappa shape index (κ2) is 6.10. The number of rotatable bonds is 5. The summed E-state index contributed by atoms with van der Waals surface area (Å²) in [5.74, 6) is -0.702. The molecule has 0 fully saturated rings. The van der Waals surface area contributed by atoms with Crippen LogP contribution >= 0.6 is 23.2 Å². The summed E-state index contributed by atoms with van der Waals surface area (Å²) in [4.78, 5) is 10.7. The number of ether oxygens (including phenoxy) is 1. The van der Waals surface area contributed by atoms with Gasteiger partial charge in [-0.15, -0.1) is 0 Å². The third kappa shape index (κ3) is 3.77. The van der Waals surface area contributed by atoms with Crippen LogP contribution in [0.2, 0.25) is 10.0 Å². The summed E-state index contributed by atoms with van der Waals surface area (Å²) < 4.78 is 5.32. The van der Waals surface area contributed by atoms with E-state index in [2.05, 4.69) is 5.32 Å². The molecule has 0 aliphatic heterocycles. The number of hydrogen-bond acceptors (Lipinski definition) is 3. The van der Waals surface area contributed by atoms with Crippen molar-refractivity contribution in [1.29, 1.82) is 0 Å². The Morgan fingerprint density at radius 2 is 2.18 bits per heavy atom. The maximum atomic E-state index is 10.7. The number of carbonyl (C=O) groups is 1. The van der Waals surface area contributed by atoms with Crippen LogP contribution in [0, 0.1) is 0 Å². The fraction of sp³-hybridized carbons (Fsp3) is 0.364. The van der Waals surface area contributed by atoms with E-state index in [0.717, 1.165) is 5.56 Å². The van der Waals surface area contributed by atoms with E-state index in [1.165, 1.54) is 13.0 Å². The van der Waals surface area contributed by atoms with E-state index in [4.69, 9.17) is 33.0 Å². The average molecular weight is 278 g/mol. The van der Waals surface area contributed by atoms with Crippen LogP contribution in [0.25, 0.3) is 0 Å². The van der Waals surface area contributed by atoms with Gasteiger partial charge in [-0.25, -0.2) is 4.79 Å². The van der Waals surface area contributed by atoms with E-state index in [-0.39, 0.29) is 0 Å². The SMILES string of the molecule is CNCc1cc(Cl)cc(Cl)c1OC(C)C(=O)O. The Hall–Kier alpha value is -0.970. The molecule has 4 nitrogen and oxygen atoms in total. The highest BCUT2D eigenvalue weighted by atomic mass is 35.5. The molecule has 0 heterocycles.